The SMILES string of the molecule is COc1cc(Nc2ncc(C)c(N(Cc3ccc(C)cc3)C(=O)[C@H]3CCCNC3)n2)cc(OC)c1OC. The summed E-state index contributed by atoms with van der Waals surface area (Å²) in [7, 11) is 4.69. The predicted molar refractivity (Wildman–Crippen MR) is 144 cm³/mol. The average molecular weight is 506 g/mol. The molecule has 4 rings (SSSR count). The van der Waals surface area contributed by atoms with Crippen LogP contribution in [0, 0.1) is 19.8 Å². The summed E-state index contributed by atoms with van der Waals surface area (Å²) in [6.45, 7) is 6.02. The summed E-state index contributed by atoms with van der Waals surface area (Å²) in [4.78, 5) is 24.9. The number of methoxy groups -OCH3 is 3. The van der Waals surface area contributed by atoms with E-state index in [0.717, 1.165) is 30.5 Å². The lowest BCUT2D eigenvalue weighted by atomic mass is 9.97. The van der Waals surface area contributed by atoms with Crippen molar-refractivity contribution in [3.63, 3.8) is 0 Å². The monoisotopic (exact) mass is 505 g/mol. The molecule has 1 aliphatic rings. The summed E-state index contributed by atoms with van der Waals surface area (Å²) in [5.41, 5.74) is 3.70. The molecule has 1 aliphatic heterocycles. The molecule has 1 amide bonds. The van der Waals surface area contributed by atoms with E-state index in [1.807, 2.05) is 6.92 Å². The van der Waals surface area contributed by atoms with Gasteiger partial charge in [-0.25, -0.2) is 4.98 Å². The topological polar surface area (TPSA) is 97.8 Å². The molecule has 3 aromatic rings. The van der Waals surface area contributed by atoms with Crippen LogP contribution in [0.5, 0.6) is 17.2 Å². The lowest BCUT2D eigenvalue weighted by Gasteiger charge is -2.30. The van der Waals surface area contributed by atoms with E-state index < -0.39 is 0 Å². The lowest BCUT2D eigenvalue weighted by Crippen LogP contribution is -2.43. The number of hydrogen-bond acceptors (Lipinski definition) is 8. The number of aryl methyl sites for hydroxylation is 2. The van der Waals surface area contributed by atoms with Gasteiger partial charge >= 0.3 is 0 Å². The van der Waals surface area contributed by atoms with Crippen LogP contribution in [0.1, 0.15) is 29.5 Å². The highest BCUT2D eigenvalue weighted by molar-refractivity contribution is 5.95. The van der Waals surface area contributed by atoms with Crippen molar-refractivity contribution in [2.75, 3.05) is 44.6 Å². The first-order chi connectivity index (χ1) is 17.9. The number of rotatable bonds is 9. The van der Waals surface area contributed by atoms with E-state index in [1.54, 1.807) is 44.6 Å². The van der Waals surface area contributed by atoms with Crippen molar-refractivity contribution in [2.45, 2.75) is 33.2 Å². The second kappa shape index (κ2) is 11.9. The second-order valence-corrected chi connectivity index (χ2v) is 9.19. The Morgan fingerprint density at radius 3 is 2.38 bits per heavy atom. The number of ether oxygens (including phenoxy) is 3. The maximum Gasteiger partial charge on any atom is 0.232 e. The van der Waals surface area contributed by atoms with Crippen LogP contribution in [0.4, 0.5) is 17.5 Å². The Bertz CT molecular complexity index is 1200. The quantitative estimate of drug-likeness (QED) is 0.442. The summed E-state index contributed by atoms with van der Waals surface area (Å²) >= 11 is 0. The Hall–Kier alpha value is -3.85. The third-order valence-corrected chi connectivity index (χ3v) is 6.49. The number of carbonyl (C=O) groups excluding carboxylic acids is 1. The Morgan fingerprint density at radius 2 is 1.78 bits per heavy atom. The summed E-state index contributed by atoms with van der Waals surface area (Å²) in [6.07, 6.45) is 3.57. The van der Waals surface area contributed by atoms with E-state index in [2.05, 4.69) is 46.8 Å². The van der Waals surface area contributed by atoms with Crippen LogP contribution in [0.3, 0.4) is 0 Å². The van der Waals surface area contributed by atoms with Crippen molar-refractivity contribution in [1.29, 1.82) is 0 Å². The Kier molecular flexibility index (Phi) is 8.45. The van der Waals surface area contributed by atoms with Gasteiger partial charge in [0.1, 0.15) is 5.82 Å². The molecule has 37 heavy (non-hydrogen) atoms. The first kappa shape index (κ1) is 26.2. The van der Waals surface area contributed by atoms with Crippen LogP contribution in [-0.2, 0) is 11.3 Å². The highest BCUT2D eigenvalue weighted by atomic mass is 16.5. The fraction of sp³-hybridized carbons (Fsp3) is 0.393. The van der Waals surface area contributed by atoms with Gasteiger partial charge in [0.2, 0.25) is 17.6 Å². The van der Waals surface area contributed by atoms with Crippen molar-refractivity contribution in [3.8, 4) is 17.2 Å². The average Bonchev–Trinajstić information content (AvgIpc) is 2.93. The molecule has 1 aromatic heterocycles. The fourth-order valence-corrected chi connectivity index (χ4v) is 4.47. The molecule has 196 valence electrons. The molecule has 0 spiro atoms. The smallest absolute Gasteiger partial charge is 0.232 e. The van der Waals surface area contributed by atoms with Crippen LogP contribution in [0.15, 0.2) is 42.6 Å². The van der Waals surface area contributed by atoms with Crippen molar-refractivity contribution >= 4 is 23.4 Å². The minimum Gasteiger partial charge on any atom is -0.493 e. The zero-order valence-corrected chi connectivity index (χ0v) is 22.1. The number of anilines is 3. The number of carbonyl (C=O) groups is 1. The van der Waals surface area contributed by atoms with Crippen molar-refractivity contribution in [1.82, 2.24) is 15.3 Å². The highest BCUT2D eigenvalue weighted by Gasteiger charge is 2.29. The Morgan fingerprint density at radius 1 is 1.08 bits per heavy atom. The van der Waals surface area contributed by atoms with Gasteiger partial charge in [0.15, 0.2) is 11.5 Å². The minimum atomic E-state index is -0.0971. The molecular formula is C28H35N5O4. The third kappa shape index (κ3) is 6.11. The lowest BCUT2D eigenvalue weighted by molar-refractivity contribution is -0.123. The van der Waals surface area contributed by atoms with Crippen molar-refractivity contribution in [3.05, 3.63) is 59.3 Å². The van der Waals surface area contributed by atoms with Gasteiger partial charge in [-0.2, -0.15) is 4.98 Å². The molecule has 2 aromatic carbocycles. The van der Waals surface area contributed by atoms with Gasteiger partial charge in [0.25, 0.3) is 0 Å². The number of nitrogens with one attached hydrogen (secondary N) is 2. The first-order valence-corrected chi connectivity index (χ1v) is 12.4. The zero-order chi connectivity index (χ0) is 26.4. The molecule has 2 N–H and O–H groups in total. The number of nitrogens with zero attached hydrogens (tertiary/aromatic N) is 3. The number of amides is 1. The normalized spacial score (nSPS) is 15.1. The van der Waals surface area contributed by atoms with Gasteiger partial charge in [0.05, 0.1) is 33.8 Å². The number of benzene rings is 2. The maximum absolute atomic E-state index is 13.8. The van der Waals surface area contributed by atoms with Crippen molar-refractivity contribution in [2.24, 2.45) is 5.92 Å². The molecule has 9 nitrogen and oxygen atoms in total. The van der Waals surface area contributed by atoms with E-state index in [-0.39, 0.29) is 11.8 Å². The largest absolute Gasteiger partial charge is 0.493 e. The maximum atomic E-state index is 13.8. The Labute approximate surface area is 218 Å². The molecular weight excluding hydrogens is 470 g/mol. The van der Waals surface area contributed by atoms with Crippen LogP contribution >= 0.6 is 0 Å². The van der Waals surface area contributed by atoms with Gasteiger partial charge in [-0.15, -0.1) is 0 Å². The van der Waals surface area contributed by atoms with Gasteiger partial charge in [-0.3, -0.25) is 9.69 Å². The van der Waals surface area contributed by atoms with Gasteiger partial charge in [-0.05, 0) is 38.8 Å². The van der Waals surface area contributed by atoms with Gasteiger partial charge in [0, 0.05) is 36.1 Å². The molecule has 2 heterocycles. The molecule has 1 saturated heterocycles. The third-order valence-electron chi connectivity index (χ3n) is 6.49. The van der Waals surface area contributed by atoms with Gasteiger partial charge in [-0.1, -0.05) is 29.8 Å². The van der Waals surface area contributed by atoms with E-state index in [1.165, 1.54) is 5.56 Å². The standard InChI is InChI=1S/C28H35N5O4/c1-18-8-10-20(11-9-18)17-33(27(34)21-7-6-12-29-16-21)26-19(2)15-30-28(32-26)31-22-13-23(35-3)25(37-5)24(14-22)36-4/h8-11,13-15,21,29H,6-7,12,16-17H2,1-5H3,(H,30,31,32)/t21-/m0/s1. The van der Waals surface area contributed by atoms with E-state index in [0.29, 0.717) is 47.8 Å². The predicted octanol–water partition coefficient (Wildman–Crippen LogP) is 4.40. The molecule has 0 saturated carbocycles. The Balaban J connectivity index is 1.69. The first-order valence-electron chi connectivity index (χ1n) is 12.4. The molecule has 0 unspecified atom stereocenters. The zero-order valence-electron chi connectivity index (χ0n) is 22.1. The van der Waals surface area contributed by atoms with Crippen LogP contribution in [0.25, 0.3) is 0 Å². The minimum absolute atomic E-state index is 0.0633. The molecule has 1 fully saturated rings. The summed E-state index contributed by atoms with van der Waals surface area (Å²) in [6, 6.07) is 11.8. The molecule has 0 bridgehead atoms. The molecule has 0 aliphatic carbocycles. The fourth-order valence-electron chi connectivity index (χ4n) is 4.47. The highest BCUT2D eigenvalue weighted by Crippen LogP contribution is 2.40. The summed E-state index contributed by atoms with van der Waals surface area (Å²) in [5.74, 6) is 2.43. The van der Waals surface area contributed by atoms with Crippen LogP contribution in [-0.4, -0.2) is 50.3 Å². The van der Waals surface area contributed by atoms with Crippen LogP contribution < -0.4 is 29.7 Å². The molecule has 9 heteroatoms. The van der Waals surface area contributed by atoms with E-state index in [4.69, 9.17) is 19.2 Å². The number of hydrogen-bond donors (Lipinski definition) is 2. The van der Waals surface area contributed by atoms with Gasteiger partial charge < -0.3 is 24.8 Å². The van der Waals surface area contributed by atoms with Crippen LogP contribution in [0.2, 0.25) is 0 Å². The van der Waals surface area contributed by atoms with E-state index >= 15 is 0 Å². The summed E-state index contributed by atoms with van der Waals surface area (Å²) in [5, 5.41) is 6.59. The van der Waals surface area contributed by atoms with Crippen molar-refractivity contribution < 1.29 is 19.0 Å². The molecule has 1 atom stereocenters. The number of piperidine rings is 1. The summed E-state index contributed by atoms with van der Waals surface area (Å²) < 4.78 is 16.4. The molecule has 0 radical (unpaired) electrons. The number of aromatic nitrogens is 2. The second-order valence-electron chi connectivity index (χ2n) is 9.19. The van der Waals surface area contributed by atoms with E-state index in [9.17, 15) is 4.79 Å².